The van der Waals surface area contributed by atoms with Crippen molar-refractivity contribution in [1.82, 2.24) is 4.98 Å². The van der Waals surface area contributed by atoms with Gasteiger partial charge >= 0.3 is 5.97 Å². The van der Waals surface area contributed by atoms with E-state index in [1.807, 2.05) is 29.6 Å². The molecule has 0 spiro atoms. The van der Waals surface area contributed by atoms with Gasteiger partial charge in [-0.3, -0.25) is 4.79 Å². The number of methoxy groups -OCH3 is 1. The van der Waals surface area contributed by atoms with Crippen LogP contribution >= 0.6 is 11.3 Å². The average molecular weight is 292 g/mol. The van der Waals surface area contributed by atoms with E-state index in [9.17, 15) is 4.79 Å². The summed E-state index contributed by atoms with van der Waals surface area (Å²) >= 11 is 1.56. The van der Waals surface area contributed by atoms with Gasteiger partial charge in [-0.2, -0.15) is 0 Å². The van der Waals surface area contributed by atoms with Crippen molar-refractivity contribution in [3.8, 4) is 5.75 Å². The molecule has 1 aromatic carbocycles. The lowest BCUT2D eigenvalue weighted by atomic mass is 10.1. The highest BCUT2D eigenvalue weighted by Crippen LogP contribution is 2.16. The molecule has 1 unspecified atom stereocenters. The fourth-order valence-electron chi connectivity index (χ4n) is 1.68. The maximum absolute atomic E-state index is 11.2. The molecule has 0 bridgehead atoms. The van der Waals surface area contributed by atoms with E-state index in [0.717, 1.165) is 16.3 Å². The summed E-state index contributed by atoms with van der Waals surface area (Å²) in [4.78, 5) is 15.4. The molecule has 1 aromatic heterocycles. The summed E-state index contributed by atoms with van der Waals surface area (Å²) in [7, 11) is 1.33. The first kappa shape index (κ1) is 14.5. The van der Waals surface area contributed by atoms with Crippen LogP contribution in [0.4, 0.5) is 0 Å². The number of rotatable bonds is 6. The van der Waals surface area contributed by atoms with Gasteiger partial charge in [-0.05, 0) is 24.1 Å². The van der Waals surface area contributed by atoms with E-state index in [2.05, 4.69) is 9.72 Å². The lowest BCUT2D eigenvalue weighted by Crippen LogP contribution is -2.33. The number of thiazole rings is 1. The SMILES string of the molecule is COC(=O)C(N)Cc1ccc(OCc2nccs2)cc1. The summed E-state index contributed by atoms with van der Waals surface area (Å²) < 4.78 is 10.2. The highest BCUT2D eigenvalue weighted by atomic mass is 32.1. The number of hydrogen-bond acceptors (Lipinski definition) is 6. The standard InChI is InChI=1S/C14H16N2O3S/c1-18-14(17)12(15)8-10-2-4-11(5-3-10)19-9-13-16-6-7-20-13/h2-7,12H,8-9,15H2,1H3. The van der Waals surface area contributed by atoms with E-state index >= 15 is 0 Å². The van der Waals surface area contributed by atoms with Crippen LogP contribution in [0.5, 0.6) is 5.75 Å². The minimum Gasteiger partial charge on any atom is -0.486 e. The number of carbonyl (C=O) groups excluding carboxylic acids is 1. The van der Waals surface area contributed by atoms with Gasteiger partial charge < -0.3 is 15.2 Å². The Kier molecular flexibility index (Phi) is 5.09. The van der Waals surface area contributed by atoms with Gasteiger partial charge in [0.1, 0.15) is 23.4 Å². The van der Waals surface area contributed by atoms with E-state index in [0.29, 0.717) is 13.0 Å². The van der Waals surface area contributed by atoms with Gasteiger partial charge in [-0.15, -0.1) is 11.3 Å². The zero-order valence-corrected chi connectivity index (χ0v) is 11.9. The van der Waals surface area contributed by atoms with Crippen molar-refractivity contribution in [3.63, 3.8) is 0 Å². The Balaban J connectivity index is 1.87. The smallest absolute Gasteiger partial charge is 0.322 e. The van der Waals surface area contributed by atoms with E-state index in [4.69, 9.17) is 10.5 Å². The first-order chi connectivity index (χ1) is 9.69. The first-order valence-electron chi connectivity index (χ1n) is 6.12. The Morgan fingerprint density at radius 2 is 2.15 bits per heavy atom. The molecule has 1 atom stereocenters. The van der Waals surface area contributed by atoms with Gasteiger partial charge in [0.05, 0.1) is 7.11 Å². The molecule has 2 N–H and O–H groups in total. The first-order valence-corrected chi connectivity index (χ1v) is 7.00. The molecule has 6 heteroatoms. The normalized spacial score (nSPS) is 11.9. The quantitative estimate of drug-likeness (QED) is 0.821. The fourth-order valence-corrected chi connectivity index (χ4v) is 2.21. The highest BCUT2D eigenvalue weighted by Gasteiger charge is 2.13. The molecule has 20 heavy (non-hydrogen) atoms. The number of ether oxygens (including phenoxy) is 2. The lowest BCUT2D eigenvalue weighted by Gasteiger charge is -2.10. The molecule has 0 aliphatic rings. The Morgan fingerprint density at radius 1 is 1.40 bits per heavy atom. The van der Waals surface area contributed by atoms with Crippen molar-refractivity contribution in [1.29, 1.82) is 0 Å². The molecule has 1 heterocycles. The molecule has 0 aliphatic carbocycles. The van der Waals surface area contributed by atoms with Crippen LogP contribution in [0.3, 0.4) is 0 Å². The maximum atomic E-state index is 11.2. The molecule has 0 fully saturated rings. The Labute approximate surface area is 121 Å². The van der Waals surface area contributed by atoms with Crippen LogP contribution in [0.1, 0.15) is 10.6 Å². The van der Waals surface area contributed by atoms with Crippen molar-refractivity contribution >= 4 is 17.3 Å². The van der Waals surface area contributed by atoms with Crippen molar-refractivity contribution in [2.45, 2.75) is 19.1 Å². The number of benzene rings is 1. The zero-order chi connectivity index (χ0) is 14.4. The molecule has 0 aliphatic heterocycles. The van der Waals surface area contributed by atoms with Crippen LogP contribution in [0, 0.1) is 0 Å². The Hall–Kier alpha value is -1.92. The molecule has 2 aromatic rings. The van der Waals surface area contributed by atoms with Crippen LogP contribution in [-0.2, 0) is 22.6 Å². The number of aromatic nitrogens is 1. The minimum atomic E-state index is -0.637. The van der Waals surface area contributed by atoms with Crippen molar-refractivity contribution < 1.29 is 14.3 Å². The summed E-state index contributed by atoms with van der Waals surface area (Å²) in [6.07, 6.45) is 2.19. The number of carbonyl (C=O) groups is 1. The summed E-state index contributed by atoms with van der Waals surface area (Å²) in [5.41, 5.74) is 6.67. The van der Waals surface area contributed by atoms with Crippen LogP contribution < -0.4 is 10.5 Å². The second kappa shape index (κ2) is 7.02. The summed E-state index contributed by atoms with van der Waals surface area (Å²) in [6.45, 7) is 0.457. The van der Waals surface area contributed by atoms with E-state index in [1.165, 1.54) is 7.11 Å². The van der Waals surface area contributed by atoms with Crippen LogP contribution in [0.25, 0.3) is 0 Å². The maximum Gasteiger partial charge on any atom is 0.322 e. The molecule has 5 nitrogen and oxygen atoms in total. The van der Waals surface area contributed by atoms with Crippen molar-refractivity contribution in [3.05, 3.63) is 46.4 Å². The largest absolute Gasteiger partial charge is 0.486 e. The average Bonchev–Trinajstić information content (AvgIpc) is 2.99. The lowest BCUT2D eigenvalue weighted by molar-refractivity contribution is -0.142. The molecule has 0 amide bonds. The van der Waals surface area contributed by atoms with Crippen LogP contribution in [0.2, 0.25) is 0 Å². The second-order valence-corrected chi connectivity index (χ2v) is 5.17. The topological polar surface area (TPSA) is 74.4 Å². The summed E-state index contributed by atoms with van der Waals surface area (Å²) in [5.74, 6) is 0.352. The van der Waals surface area contributed by atoms with Crippen LogP contribution in [-0.4, -0.2) is 24.1 Å². The van der Waals surface area contributed by atoms with Gasteiger partial charge in [0.2, 0.25) is 0 Å². The third-order valence-electron chi connectivity index (χ3n) is 2.73. The van der Waals surface area contributed by atoms with Gasteiger partial charge in [-0.1, -0.05) is 12.1 Å². The Bertz CT molecular complexity index is 540. The Morgan fingerprint density at radius 3 is 2.75 bits per heavy atom. The van der Waals surface area contributed by atoms with Gasteiger partial charge in [0, 0.05) is 11.6 Å². The van der Waals surface area contributed by atoms with E-state index in [1.54, 1.807) is 17.5 Å². The predicted molar refractivity (Wildman–Crippen MR) is 76.6 cm³/mol. The van der Waals surface area contributed by atoms with Crippen molar-refractivity contribution in [2.75, 3.05) is 7.11 Å². The third-order valence-corrected chi connectivity index (χ3v) is 3.48. The van der Waals surface area contributed by atoms with E-state index < -0.39 is 12.0 Å². The summed E-state index contributed by atoms with van der Waals surface area (Å²) in [6, 6.07) is 6.85. The van der Waals surface area contributed by atoms with Gasteiger partial charge in [0.15, 0.2) is 0 Å². The third kappa shape index (κ3) is 4.04. The molecule has 0 saturated heterocycles. The van der Waals surface area contributed by atoms with Gasteiger partial charge in [0.25, 0.3) is 0 Å². The molecule has 106 valence electrons. The second-order valence-electron chi connectivity index (χ2n) is 4.19. The number of hydrogen-bond donors (Lipinski definition) is 1. The molecule has 0 saturated carbocycles. The van der Waals surface area contributed by atoms with Crippen molar-refractivity contribution in [2.24, 2.45) is 5.73 Å². The fraction of sp³-hybridized carbons (Fsp3) is 0.286. The van der Waals surface area contributed by atoms with Gasteiger partial charge in [-0.25, -0.2) is 4.98 Å². The molecular formula is C14H16N2O3S. The number of nitrogens with two attached hydrogens (primary N) is 1. The monoisotopic (exact) mass is 292 g/mol. The predicted octanol–water partition coefficient (Wildman–Crippen LogP) is 1.76. The molecule has 0 radical (unpaired) electrons. The zero-order valence-electron chi connectivity index (χ0n) is 11.1. The minimum absolute atomic E-state index is 0.408. The number of esters is 1. The summed E-state index contributed by atoms with van der Waals surface area (Å²) in [5, 5.41) is 2.84. The number of nitrogens with zero attached hydrogens (tertiary/aromatic N) is 1. The molecule has 2 rings (SSSR count). The molecular weight excluding hydrogens is 276 g/mol. The van der Waals surface area contributed by atoms with E-state index in [-0.39, 0.29) is 0 Å². The van der Waals surface area contributed by atoms with Crippen LogP contribution in [0.15, 0.2) is 35.8 Å². The highest BCUT2D eigenvalue weighted by molar-refractivity contribution is 7.09.